The summed E-state index contributed by atoms with van der Waals surface area (Å²) in [6, 6.07) is -2.49. The molecule has 4 atom stereocenters. The second-order valence-corrected chi connectivity index (χ2v) is 18.1. The van der Waals surface area contributed by atoms with Crippen LogP contribution in [0.2, 0.25) is 0 Å². The van der Waals surface area contributed by atoms with Gasteiger partial charge in [-0.2, -0.15) is 0 Å². The Balaban J connectivity index is 7.05. The van der Waals surface area contributed by atoms with Crippen LogP contribution in [0, 0.1) is 11.3 Å². The van der Waals surface area contributed by atoms with Crippen molar-refractivity contribution >= 4 is 23.9 Å². The van der Waals surface area contributed by atoms with Gasteiger partial charge in [0.15, 0.2) is 0 Å². The molecule has 0 aromatic heterocycles. The van der Waals surface area contributed by atoms with E-state index in [9.17, 15) is 19.2 Å². The van der Waals surface area contributed by atoms with Gasteiger partial charge in [0, 0.05) is 61.9 Å². The average molecular weight is 816 g/mol. The maximum Gasteiger partial charge on any atom is 0.324 e. The zero-order chi connectivity index (χ0) is 43.9. The lowest BCUT2D eigenvalue weighted by Gasteiger charge is -2.34. The van der Waals surface area contributed by atoms with Gasteiger partial charge in [-0.3, -0.25) is 19.2 Å². The van der Waals surface area contributed by atoms with Crippen molar-refractivity contribution in [3.8, 4) is 0 Å². The maximum absolute atomic E-state index is 13.8. The molecule has 0 fully saturated rings. The van der Waals surface area contributed by atoms with Gasteiger partial charge in [0.25, 0.3) is 0 Å². The molecule has 57 heavy (non-hydrogen) atoms. The van der Waals surface area contributed by atoms with Crippen molar-refractivity contribution in [2.24, 2.45) is 11.3 Å². The lowest BCUT2D eigenvalue weighted by atomic mass is 9.91. The summed E-state index contributed by atoms with van der Waals surface area (Å²) in [7, 11) is 0. The lowest BCUT2D eigenvalue weighted by molar-refractivity contribution is -0.173. The molecule has 0 spiro atoms. The Kier molecular flexibility index (Phi) is 27.7. The molecule has 0 saturated carbocycles. The largest absolute Gasteiger partial charge is 0.464 e. The smallest absolute Gasteiger partial charge is 0.324 e. The Bertz CT molecular complexity index is 960. The summed E-state index contributed by atoms with van der Waals surface area (Å²) in [6.45, 7) is 31.1. The average Bonchev–Trinajstić information content (AvgIpc) is 3.09. The molecule has 15 nitrogen and oxygen atoms in total. The highest BCUT2D eigenvalue weighted by Crippen LogP contribution is 2.23. The molecule has 0 saturated heterocycles. The molecule has 0 aromatic rings. The summed E-state index contributed by atoms with van der Waals surface area (Å²) < 4.78 is 24.1. The fourth-order valence-electron chi connectivity index (χ4n) is 5.62. The van der Waals surface area contributed by atoms with Crippen LogP contribution in [0.4, 0.5) is 0 Å². The minimum atomic E-state index is -1.47. The third kappa shape index (κ3) is 26.3. The molecule has 336 valence electrons. The lowest BCUT2D eigenvalue weighted by Crippen LogP contribution is -2.53. The van der Waals surface area contributed by atoms with Crippen molar-refractivity contribution in [1.82, 2.24) is 37.2 Å². The first-order valence-electron chi connectivity index (χ1n) is 21.4. The molecule has 0 aliphatic carbocycles. The molecule has 0 amide bonds. The summed E-state index contributed by atoms with van der Waals surface area (Å²) in [5.41, 5.74) is -1.47. The van der Waals surface area contributed by atoms with Crippen molar-refractivity contribution in [3.63, 3.8) is 0 Å². The van der Waals surface area contributed by atoms with Gasteiger partial charge in [0.2, 0.25) is 0 Å². The highest BCUT2D eigenvalue weighted by atomic mass is 16.6. The van der Waals surface area contributed by atoms with Gasteiger partial charge in [-0.1, -0.05) is 111 Å². The van der Waals surface area contributed by atoms with E-state index < -0.39 is 53.5 Å². The predicted molar refractivity (Wildman–Crippen MR) is 228 cm³/mol. The fourth-order valence-corrected chi connectivity index (χ4v) is 5.62. The van der Waals surface area contributed by atoms with Crippen LogP contribution in [0.15, 0.2) is 0 Å². The van der Waals surface area contributed by atoms with Crippen LogP contribution in [-0.4, -0.2) is 136 Å². The van der Waals surface area contributed by atoms with E-state index in [1.54, 1.807) is 0 Å². The van der Waals surface area contributed by atoms with Crippen molar-refractivity contribution in [2.45, 2.75) is 190 Å². The van der Waals surface area contributed by atoms with Crippen LogP contribution in [0.3, 0.4) is 0 Å². The second-order valence-electron chi connectivity index (χ2n) is 18.1. The van der Waals surface area contributed by atoms with Crippen LogP contribution < -0.4 is 37.2 Å². The molecular formula is C42H85N7O8. The summed E-state index contributed by atoms with van der Waals surface area (Å²) in [5.74, 6) is -1.80. The third-order valence-corrected chi connectivity index (χ3v) is 8.58. The Labute approximate surface area is 346 Å². The number of carbonyl (C=O) groups is 4. The third-order valence-electron chi connectivity index (χ3n) is 8.58. The number of carbonyl (C=O) groups excluding carboxylic acids is 4. The van der Waals surface area contributed by atoms with Crippen molar-refractivity contribution in [1.29, 1.82) is 0 Å². The minimum absolute atomic E-state index is 0.00171. The maximum atomic E-state index is 13.8. The zero-order valence-corrected chi connectivity index (χ0v) is 38.6. The van der Waals surface area contributed by atoms with Gasteiger partial charge >= 0.3 is 23.9 Å². The fraction of sp³-hybridized carbons (Fsp3) is 0.905. The van der Waals surface area contributed by atoms with Gasteiger partial charge < -0.3 is 56.2 Å². The van der Waals surface area contributed by atoms with Crippen LogP contribution in [0.1, 0.15) is 124 Å². The normalized spacial score (nSPS) is 15.4. The summed E-state index contributed by atoms with van der Waals surface area (Å²) >= 11 is 0. The molecular weight excluding hydrogens is 731 g/mol. The highest BCUT2D eigenvalue weighted by molar-refractivity contribution is 5.78. The molecule has 0 aliphatic rings. The molecule has 0 bridgehead atoms. The van der Waals surface area contributed by atoms with E-state index in [0.29, 0.717) is 32.0 Å². The Hall–Kier alpha value is -2.40. The Morgan fingerprint density at radius 1 is 0.368 bits per heavy atom. The number of rotatable bonds is 32. The molecule has 7 N–H and O–H groups in total. The van der Waals surface area contributed by atoms with E-state index in [-0.39, 0.29) is 68.7 Å². The standard InChI is InChI=1S/C42H85N7O8/c1-26(2)17-18-34(46-30(9)10)38(50)54-22-42(23-55-39(51)35(47-31(11)12)19-43-27(3)4,24-56-40(52)36(48-32(13)14)20-44-28(5)6)25-57-41(53)37(49-33(15)16)21-45-29(7)8/h26-37,43-49H,17-25H2,1-16H3. The van der Waals surface area contributed by atoms with Gasteiger partial charge in [-0.25, -0.2) is 0 Å². The van der Waals surface area contributed by atoms with Crippen LogP contribution >= 0.6 is 0 Å². The van der Waals surface area contributed by atoms with E-state index in [1.807, 2.05) is 96.9 Å². The Morgan fingerprint density at radius 2 is 0.614 bits per heavy atom. The molecule has 4 unspecified atom stereocenters. The number of nitrogens with one attached hydrogen (secondary N) is 7. The van der Waals surface area contributed by atoms with Gasteiger partial charge in [-0.15, -0.1) is 0 Å². The van der Waals surface area contributed by atoms with Crippen molar-refractivity contribution in [2.75, 3.05) is 46.1 Å². The van der Waals surface area contributed by atoms with Gasteiger partial charge in [0.1, 0.15) is 56.0 Å². The van der Waals surface area contributed by atoms with Crippen LogP contribution in [0.25, 0.3) is 0 Å². The first kappa shape index (κ1) is 54.6. The van der Waals surface area contributed by atoms with Crippen LogP contribution in [-0.2, 0) is 38.1 Å². The van der Waals surface area contributed by atoms with Gasteiger partial charge in [0.05, 0.1) is 0 Å². The SMILES string of the molecule is CC(C)CCC(NC(C)C)C(=O)OCC(COC(=O)C(CNC(C)C)NC(C)C)(COC(=O)C(CNC(C)C)NC(C)C)COC(=O)C(CNC(C)C)NC(C)C. The number of hydrogen-bond acceptors (Lipinski definition) is 15. The van der Waals surface area contributed by atoms with E-state index in [1.165, 1.54) is 0 Å². The molecule has 15 heteroatoms. The minimum Gasteiger partial charge on any atom is -0.464 e. The number of hydrogen-bond donors (Lipinski definition) is 7. The molecule has 0 aromatic carbocycles. The predicted octanol–water partition coefficient (Wildman–Crippen LogP) is 3.04. The topological polar surface area (TPSA) is 189 Å². The number of esters is 4. The zero-order valence-electron chi connectivity index (χ0n) is 38.6. The van der Waals surface area contributed by atoms with E-state index in [0.717, 1.165) is 6.42 Å². The van der Waals surface area contributed by atoms with Crippen molar-refractivity contribution < 1.29 is 38.1 Å². The van der Waals surface area contributed by atoms with E-state index in [4.69, 9.17) is 18.9 Å². The first-order chi connectivity index (χ1) is 26.5. The van der Waals surface area contributed by atoms with Crippen molar-refractivity contribution in [3.05, 3.63) is 0 Å². The summed E-state index contributed by atoms with van der Waals surface area (Å²) in [6.07, 6.45) is 1.33. The Morgan fingerprint density at radius 3 is 0.842 bits per heavy atom. The molecule has 0 aliphatic heterocycles. The molecule has 0 rings (SSSR count). The molecule has 0 radical (unpaired) electrons. The van der Waals surface area contributed by atoms with E-state index >= 15 is 0 Å². The monoisotopic (exact) mass is 816 g/mol. The quantitative estimate of drug-likeness (QED) is 0.0388. The summed E-state index contributed by atoms with van der Waals surface area (Å²) in [4.78, 5) is 55.2. The van der Waals surface area contributed by atoms with Gasteiger partial charge in [-0.05, 0) is 18.8 Å². The van der Waals surface area contributed by atoms with E-state index in [2.05, 4.69) is 51.1 Å². The first-order valence-corrected chi connectivity index (χ1v) is 21.4. The second kappa shape index (κ2) is 28.9. The highest BCUT2D eigenvalue weighted by Gasteiger charge is 2.41. The summed E-state index contributed by atoms with van der Waals surface area (Å²) in [5, 5.41) is 23.0. The number of ether oxygens (including phenoxy) is 4. The molecule has 0 heterocycles. The van der Waals surface area contributed by atoms with Crippen LogP contribution in [0.5, 0.6) is 0 Å².